The van der Waals surface area contributed by atoms with Crippen molar-refractivity contribution in [1.29, 1.82) is 0 Å². The molecule has 0 saturated heterocycles. The lowest BCUT2D eigenvalue weighted by atomic mass is 10.4. The number of halogens is 3. The third-order valence-corrected chi connectivity index (χ3v) is 0.466. The van der Waals surface area contributed by atoms with E-state index in [1.165, 1.54) is 0 Å². The first-order chi connectivity index (χ1) is 5.18. The van der Waals surface area contributed by atoms with Crippen molar-refractivity contribution in [1.82, 2.24) is 0 Å². The van der Waals surface area contributed by atoms with E-state index in [1.54, 1.807) is 0 Å². The third kappa shape index (κ3) is 22.6. The van der Waals surface area contributed by atoms with Crippen molar-refractivity contribution in [3.05, 3.63) is 12.7 Å². The maximum atomic E-state index is 11.4. The highest BCUT2D eigenvalue weighted by Gasteiger charge is 2.13. The smallest absolute Gasteiger partial charge is 0.303 e. The first-order valence-corrected chi connectivity index (χ1v) is 4.08. The predicted molar refractivity (Wildman–Crippen MR) is 35.4 cm³/mol. The van der Waals surface area contributed by atoms with Gasteiger partial charge in [-0.05, 0) is 0 Å². The zero-order valence-electron chi connectivity index (χ0n) is 5.77. The van der Waals surface area contributed by atoms with Crippen LogP contribution in [0, 0.1) is 0 Å². The van der Waals surface area contributed by atoms with E-state index in [0.717, 1.165) is 0 Å². The fourth-order valence-corrected chi connectivity index (χ4v) is 0.103. The van der Waals surface area contributed by atoms with Crippen LogP contribution < -0.4 is 0 Å². The standard InChI is InChI=1S/C4H5F3.H3O4P/c1-2-3(5)4(6)7;1-5(2,3)4/h2-4H,1H2;(H3,1,2,3,4). The molecule has 1 unspecified atom stereocenters. The lowest BCUT2D eigenvalue weighted by Crippen LogP contribution is -2.06. The first-order valence-electron chi connectivity index (χ1n) is 2.51. The second-order valence-corrected chi connectivity index (χ2v) is 2.55. The Labute approximate surface area is 66.6 Å². The van der Waals surface area contributed by atoms with Crippen LogP contribution >= 0.6 is 7.82 Å². The van der Waals surface area contributed by atoms with E-state index >= 15 is 0 Å². The molecule has 74 valence electrons. The summed E-state index contributed by atoms with van der Waals surface area (Å²) in [7, 11) is -4.64. The number of rotatable bonds is 2. The Bertz CT molecular complexity index is 159. The monoisotopic (exact) mass is 208 g/mol. The fourth-order valence-electron chi connectivity index (χ4n) is 0.103. The van der Waals surface area contributed by atoms with Crippen LogP contribution in [0.5, 0.6) is 0 Å². The van der Waals surface area contributed by atoms with Crippen molar-refractivity contribution in [3.8, 4) is 0 Å². The van der Waals surface area contributed by atoms with Crippen LogP contribution in [0.1, 0.15) is 0 Å². The van der Waals surface area contributed by atoms with Gasteiger partial charge >= 0.3 is 7.82 Å². The average Bonchev–Trinajstić information content (AvgIpc) is 1.82. The van der Waals surface area contributed by atoms with Crippen molar-refractivity contribution in [3.63, 3.8) is 0 Å². The maximum absolute atomic E-state index is 11.4. The molecule has 0 radical (unpaired) electrons. The molecule has 0 aliphatic heterocycles. The van der Waals surface area contributed by atoms with Crippen LogP contribution in [-0.2, 0) is 4.57 Å². The highest BCUT2D eigenvalue weighted by molar-refractivity contribution is 7.45. The largest absolute Gasteiger partial charge is 0.466 e. The topological polar surface area (TPSA) is 77.8 Å². The van der Waals surface area contributed by atoms with Gasteiger partial charge in [-0.15, -0.1) is 6.58 Å². The highest BCUT2D eigenvalue weighted by Crippen LogP contribution is 2.25. The van der Waals surface area contributed by atoms with Gasteiger partial charge in [-0.3, -0.25) is 0 Å². The molecular formula is C4H8F3O4P. The van der Waals surface area contributed by atoms with Gasteiger partial charge in [0.15, 0.2) is 6.17 Å². The van der Waals surface area contributed by atoms with Crippen LogP contribution in [0.2, 0.25) is 0 Å². The first kappa shape index (κ1) is 14.2. The normalized spacial score (nSPS) is 13.2. The van der Waals surface area contributed by atoms with Crippen molar-refractivity contribution < 1.29 is 32.4 Å². The number of alkyl halides is 3. The minimum atomic E-state index is -4.64. The number of hydrogen-bond acceptors (Lipinski definition) is 1. The fraction of sp³-hybridized carbons (Fsp3) is 0.500. The molecule has 0 aromatic heterocycles. The summed E-state index contributed by atoms with van der Waals surface area (Å²) in [6.45, 7) is 2.83. The zero-order valence-corrected chi connectivity index (χ0v) is 6.66. The molecule has 0 aromatic carbocycles. The summed E-state index contributed by atoms with van der Waals surface area (Å²) >= 11 is 0. The summed E-state index contributed by atoms with van der Waals surface area (Å²) in [5.41, 5.74) is 0. The van der Waals surface area contributed by atoms with E-state index < -0.39 is 20.4 Å². The third-order valence-electron chi connectivity index (χ3n) is 0.466. The lowest BCUT2D eigenvalue weighted by Gasteiger charge is -1.95. The van der Waals surface area contributed by atoms with Gasteiger partial charge in [-0.2, -0.15) is 0 Å². The van der Waals surface area contributed by atoms with Crippen LogP contribution in [0.25, 0.3) is 0 Å². The number of allylic oxidation sites excluding steroid dienone is 1. The molecular weight excluding hydrogens is 200 g/mol. The summed E-state index contributed by atoms with van der Waals surface area (Å²) in [6, 6.07) is 0. The Hall–Kier alpha value is -0.360. The molecule has 4 nitrogen and oxygen atoms in total. The Kier molecular flexibility index (Phi) is 7.31. The van der Waals surface area contributed by atoms with Gasteiger partial charge < -0.3 is 14.7 Å². The van der Waals surface area contributed by atoms with Crippen LogP contribution in [0.15, 0.2) is 12.7 Å². The Morgan fingerprint density at radius 2 is 1.50 bits per heavy atom. The molecule has 3 N–H and O–H groups in total. The van der Waals surface area contributed by atoms with E-state index in [9.17, 15) is 13.2 Å². The summed E-state index contributed by atoms with van der Waals surface area (Å²) in [5, 5.41) is 0. The Balaban J connectivity index is 0. The molecule has 12 heavy (non-hydrogen) atoms. The molecule has 0 rings (SSSR count). The molecule has 0 amide bonds. The Morgan fingerprint density at radius 3 is 1.50 bits per heavy atom. The molecule has 0 fully saturated rings. The van der Waals surface area contributed by atoms with Crippen molar-refractivity contribution in [2.45, 2.75) is 12.6 Å². The van der Waals surface area contributed by atoms with Gasteiger partial charge in [-0.1, -0.05) is 6.08 Å². The van der Waals surface area contributed by atoms with Gasteiger partial charge in [0.1, 0.15) is 0 Å². The van der Waals surface area contributed by atoms with E-state index in [2.05, 4.69) is 6.58 Å². The summed E-state index contributed by atoms with van der Waals surface area (Å²) in [4.78, 5) is 21.6. The van der Waals surface area contributed by atoms with Crippen LogP contribution in [0.4, 0.5) is 13.2 Å². The summed E-state index contributed by atoms with van der Waals surface area (Å²) < 4.78 is 42.2. The minimum Gasteiger partial charge on any atom is -0.303 e. The van der Waals surface area contributed by atoms with Crippen molar-refractivity contribution >= 4 is 7.82 Å². The van der Waals surface area contributed by atoms with Gasteiger partial charge in [0.25, 0.3) is 6.43 Å². The summed E-state index contributed by atoms with van der Waals surface area (Å²) in [5.74, 6) is 0. The molecule has 0 heterocycles. The number of hydrogen-bond donors (Lipinski definition) is 3. The quantitative estimate of drug-likeness (QED) is 0.464. The van der Waals surface area contributed by atoms with E-state index in [-0.39, 0.29) is 0 Å². The molecule has 0 aromatic rings. The maximum Gasteiger partial charge on any atom is 0.466 e. The second kappa shape index (κ2) is 6.19. The van der Waals surface area contributed by atoms with E-state index in [0.29, 0.717) is 6.08 Å². The molecule has 8 heteroatoms. The molecule has 0 bridgehead atoms. The van der Waals surface area contributed by atoms with Crippen LogP contribution in [-0.4, -0.2) is 27.3 Å². The van der Waals surface area contributed by atoms with Gasteiger partial charge in [0.05, 0.1) is 0 Å². The van der Waals surface area contributed by atoms with Crippen molar-refractivity contribution in [2.75, 3.05) is 0 Å². The second-order valence-electron chi connectivity index (χ2n) is 1.53. The van der Waals surface area contributed by atoms with Gasteiger partial charge in [-0.25, -0.2) is 17.7 Å². The molecule has 0 spiro atoms. The average molecular weight is 208 g/mol. The predicted octanol–water partition coefficient (Wildman–Crippen LogP) is 0.847. The molecule has 0 aliphatic carbocycles. The lowest BCUT2D eigenvalue weighted by molar-refractivity contribution is 0.0752. The minimum absolute atomic E-state index is 0.574. The highest BCUT2D eigenvalue weighted by atomic mass is 31.2. The van der Waals surface area contributed by atoms with Crippen molar-refractivity contribution in [2.24, 2.45) is 0 Å². The SMILES string of the molecule is C=CC(F)C(F)F.O=P(O)(O)O. The zero-order chi connectivity index (χ0) is 10.4. The number of phosphoric acid groups is 1. The summed E-state index contributed by atoms with van der Waals surface area (Å²) in [6.07, 6.45) is -4.51. The van der Waals surface area contributed by atoms with Gasteiger partial charge in [0.2, 0.25) is 0 Å². The molecule has 0 saturated carbocycles. The Morgan fingerprint density at radius 1 is 1.25 bits per heavy atom. The van der Waals surface area contributed by atoms with Crippen LogP contribution in [0.3, 0.4) is 0 Å². The molecule has 0 aliphatic rings. The molecule has 1 atom stereocenters. The van der Waals surface area contributed by atoms with E-state index in [4.69, 9.17) is 19.2 Å². The van der Waals surface area contributed by atoms with E-state index in [1.807, 2.05) is 0 Å². The van der Waals surface area contributed by atoms with Gasteiger partial charge in [0, 0.05) is 0 Å².